The minimum absolute atomic E-state index is 0.146. The van der Waals surface area contributed by atoms with Gasteiger partial charge < -0.3 is 5.32 Å². The van der Waals surface area contributed by atoms with E-state index in [1.807, 2.05) is 10.9 Å². The number of Topliss-reactive ketones (excluding diaryl/α,β-unsaturated/α-hetero) is 1. The van der Waals surface area contributed by atoms with E-state index in [-0.39, 0.29) is 23.2 Å². The van der Waals surface area contributed by atoms with E-state index in [4.69, 9.17) is 0 Å². The van der Waals surface area contributed by atoms with Gasteiger partial charge in [-0.05, 0) is 28.7 Å². The number of hydrogen-bond acceptors (Lipinski definition) is 5. The van der Waals surface area contributed by atoms with Gasteiger partial charge in [0.15, 0.2) is 0 Å². The number of nitrogens with one attached hydrogen (secondary N) is 1. The van der Waals surface area contributed by atoms with E-state index < -0.39 is 0 Å². The molecular weight excluding hydrogens is 356 g/mol. The Bertz CT molecular complexity index is 911. The third-order valence-electron chi connectivity index (χ3n) is 5.43. The van der Waals surface area contributed by atoms with E-state index in [2.05, 4.69) is 73.4 Å². The van der Waals surface area contributed by atoms with Crippen LogP contribution in [0.25, 0.3) is 0 Å². The third kappa shape index (κ3) is 3.20. The van der Waals surface area contributed by atoms with Crippen molar-refractivity contribution in [2.75, 3.05) is 11.6 Å². The van der Waals surface area contributed by atoms with Gasteiger partial charge in [-0.1, -0.05) is 69.8 Å². The molecule has 1 N–H and O–H groups in total. The first-order valence-electron chi connectivity index (χ1n) is 9.42. The number of allylic oxidation sites excluding steroid dienone is 2. The number of benzene rings is 1. The zero-order valence-electron chi connectivity index (χ0n) is 16.5. The van der Waals surface area contributed by atoms with Crippen LogP contribution in [0.15, 0.2) is 41.2 Å². The van der Waals surface area contributed by atoms with Crippen LogP contribution in [0.2, 0.25) is 0 Å². The van der Waals surface area contributed by atoms with Crippen molar-refractivity contribution in [1.29, 1.82) is 0 Å². The highest BCUT2D eigenvalue weighted by molar-refractivity contribution is 7.98. The van der Waals surface area contributed by atoms with Crippen LogP contribution in [-0.2, 0) is 4.79 Å². The highest BCUT2D eigenvalue weighted by atomic mass is 32.2. The van der Waals surface area contributed by atoms with E-state index in [0.29, 0.717) is 23.4 Å². The molecule has 1 aliphatic heterocycles. The van der Waals surface area contributed by atoms with Gasteiger partial charge in [-0.3, -0.25) is 4.79 Å². The summed E-state index contributed by atoms with van der Waals surface area (Å²) in [5, 5.41) is 8.77. The standard InChI is InChI=1S/C21H26N4OS/c1-12(2)13-6-8-14(9-7-13)18-17-15(10-21(3,4)11-16(17)26)22-19-23-20(27-5)24-25(18)19/h6-10,12,17-18H,11H2,1-5H3,(H,22,23,24)/t17-,18-/m0/s1. The van der Waals surface area contributed by atoms with Crippen LogP contribution in [0.5, 0.6) is 0 Å². The highest BCUT2D eigenvalue weighted by Gasteiger charge is 2.45. The Morgan fingerprint density at radius 1 is 1.26 bits per heavy atom. The first-order valence-corrected chi connectivity index (χ1v) is 10.6. The van der Waals surface area contributed by atoms with Crippen LogP contribution in [0.3, 0.4) is 0 Å². The molecule has 0 amide bonds. The normalized spacial score (nSPS) is 23.5. The lowest BCUT2D eigenvalue weighted by molar-refractivity contribution is -0.125. The fourth-order valence-corrected chi connectivity index (χ4v) is 4.45. The van der Waals surface area contributed by atoms with Gasteiger partial charge in [0.25, 0.3) is 0 Å². The predicted molar refractivity (Wildman–Crippen MR) is 109 cm³/mol. The fourth-order valence-electron chi connectivity index (χ4n) is 4.11. The molecule has 2 atom stereocenters. The molecule has 0 radical (unpaired) electrons. The molecule has 2 heterocycles. The van der Waals surface area contributed by atoms with Crippen molar-refractivity contribution in [3.8, 4) is 0 Å². The van der Waals surface area contributed by atoms with E-state index in [9.17, 15) is 4.79 Å². The zero-order chi connectivity index (χ0) is 19.3. The maximum Gasteiger partial charge on any atom is 0.227 e. The van der Waals surface area contributed by atoms with Crippen LogP contribution in [-0.4, -0.2) is 26.8 Å². The van der Waals surface area contributed by atoms with Crippen molar-refractivity contribution in [2.45, 2.75) is 51.2 Å². The van der Waals surface area contributed by atoms with Gasteiger partial charge in [-0.25, -0.2) is 4.68 Å². The summed E-state index contributed by atoms with van der Waals surface area (Å²) in [5.74, 6) is 1.21. The predicted octanol–water partition coefficient (Wildman–Crippen LogP) is 4.64. The van der Waals surface area contributed by atoms with Crippen molar-refractivity contribution < 1.29 is 4.79 Å². The van der Waals surface area contributed by atoms with Crippen molar-refractivity contribution in [1.82, 2.24) is 14.8 Å². The Morgan fingerprint density at radius 3 is 2.59 bits per heavy atom. The summed E-state index contributed by atoms with van der Waals surface area (Å²) in [6.07, 6.45) is 4.71. The number of aromatic nitrogens is 3. The molecule has 0 saturated heterocycles. The van der Waals surface area contributed by atoms with Crippen molar-refractivity contribution in [2.24, 2.45) is 11.3 Å². The first kappa shape index (κ1) is 18.3. The van der Waals surface area contributed by atoms with Gasteiger partial charge in [0, 0.05) is 12.1 Å². The summed E-state index contributed by atoms with van der Waals surface area (Å²) >= 11 is 1.51. The van der Waals surface area contributed by atoms with E-state index in [1.54, 1.807) is 0 Å². The molecular formula is C21H26N4OS. The van der Waals surface area contributed by atoms with E-state index >= 15 is 0 Å². The van der Waals surface area contributed by atoms with Crippen molar-refractivity contribution in [3.05, 3.63) is 47.2 Å². The number of carbonyl (C=O) groups is 1. The van der Waals surface area contributed by atoms with Crippen molar-refractivity contribution >= 4 is 23.5 Å². The molecule has 5 nitrogen and oxygen atoms in total. The molecule has 0 fully saturated rings. The molecule has 2 aromatic rings. The number of rotatable bonds is 3. The molecule has 27 heavy (non-hydrogen) atoms. The summed E-state index contributed by atoms with van der Waals surface area (Å²) in [4.78, 5) is 17.7. The lowest BCUT2D eigenvalue weighted by Crippen LogP contribution is -2.42. The van der Waals surface area contributed by atoms with Crippen LogP contribution in [0.1, 0.15) is 57.2 Å². The summed E-state index contributed by atoms with van der Waals surface area (Å²) < 4.78 is 1.90. The second-order valence-electron chi connectivity index (χ2n) is 8.47. The number of thioether (sulfide) groups is 1. The smallest absolute Gasteiger partial charge is 0.227 e. The largest absolute Gasteiger partial charge is 0.328 e. The molecule has 1 aliphatic carbocycles. The molecule has 0 bridgehead atoms. The summed E-state index contributed by atoms with van der Waals surface area (Å²) in [6.45, 7) is 8.59. The summed E-state index contributed by atoms with van der Waals surface area (Å²) in [5.41, 5.74) is 3.21. The first-order chi connectivity index (χ1) is 12.8. The number of nitrogens with zero attached hydrogens (tertiary/aromatic N) is 3. The zero-order valence-corrected chi connectivity index (χ0v) is 17.3. The Morgan fingerprint density at radius 2 is 1.96 bits per heavy atom. The number of carbonyl (C=O) groups excluding carboxylic acids is 1. The molecule has 142 valence electrons. The average Bonchev–Trinajstić information content (AvgIpc) is 3.01. The molecule has 1 aromatic heterocycles. The number of fused-ring (bicyclic) bond motifs is 2. The number of hydrogen-bond donors (Lipinski definition) is 1. The van der Waals surface area contributed by atoms with Gasteiger partial charge in [0.05, 0.1) is 12.0 Å². The van der Waals surface area contributed by atoms with Gasteiger partial charge in [0.2, 0.25) is 11.1 Å². The molecule has 0 spiro atoms. The molecule has 1 aromatic carbocycles. The topological polar surface area (TPSA) is 59.8 Å². The maximum atomic E-state index is 13.1. The maximum absolute atomic E-state index is 13.1. The van der Waals surface area contributed by atoms with Crippen LogP contribution in [0, 0.1) is 11.3 Å². The Kier molecular flexibility index (Phi) is 4.41. The van der Waals surface area contributed by atoms with Gasteiger partial charge >= 0.3 is 0 Å². The minimum Gasteiger partial charge on any atom is -0.328 e. The molecule has 2 aliphatic rings. The molecule has 0 unspecified atom stereocenters. The van der Waals surface area contributed by atoms with Crippen molar-refractivity contribution in [3.63, 3.8) is 0 Å². The molecule has 6 heteroatoms. The lowest BCUT2D eigenvalue weighted by Gasteiger charge is -2.40. The third-order valence-corrected chi connectivity index (χ3v) is 5.97. The Balaban J connectivity index is 1.86. The lowest BCUT2D eigenvalue weighted by atomic mass is 9.72. The van der Waals surface area contributed by atoms with E-state index in [1.165, 1.54) is 17.3 Å². The van der Waals surface area contributed by atoms with E-state index in [0.717, 1.165) is 11.3 Å². The second kappa shape index (κ2) is 6.51. The minimum atomic E-state index is -0.244. The van der Waals surface area contributed by atoms with Gasteiger partial charge in [-0.2, -0.15) is 4.98 Å². The summed E-state index contributed by atoms with van der Waals surface area (Å²) in [7, 11) is 0. The molecule has 4 rings (SSSR count). The second-order valence-corrected chi connectivity index (χ2v) is 9.24. The van der Waals surface area contributed by atoms with Crippen LogP contribution >= 0.6 is 11.8 Å². The van der Waals surface area contributed by atoms with Crippen LogP contribution in [0.4, 0.5) is 5.95 Å². The molecule has 0 saturated carbocycles. The number of ketones is 1. The summed E-state index contributed by atoms with van der Waals surface area (Å²) in [6, 6.07) is 8.44. The van der Waals surface area contributed by atoms with Gasteiger partial charge in [-0.15, -0.1) is 5.10 Å². The quantitative estimate of drug-likeness (QED) is 0.784. The average molecular weight is 383 g/mol. The SMILES string of the molecule is CSc1nc2n(n1)[C@@H](c1ccc(C(C)C)cc1)[C@@H]1C(=O)CC(C)(C)C=C1N2. The monoisotopic (exact) mass is 382 g/mol. The Hall–Kier alpha value is -2.08. The fraction of sp³-hybridized carbons (Fsp3) is 0.476. The van der Waals surface area contributed by atoms with Gasteiger partial charge in [0.1, 0.15) is 5.78 Å². The van der Waals surface area contributed by atoms with Crippen LogP contribution < -0.4 is 5.32 Å². The highest BCUT2D eigenvalue weighted by Crippen LogP contribution is 2.45. The number of anilines is 1. The Labute approximate surface area is 164 Å².